The summed E-state index contributed by atoms with van der Waals surface area (Å²) in [6, 6.07) is 14.7. The van der Waals surface area contributed by atoms with Crippen molar-refractivity contribution in [2.24, 2.45) is 0 Å². The molecule has 1 saturated heterocycles. The number of nitrogens with zero attached hydrogens (tertiary/aromatic N) is 1. The van der Waals surface area contributed by atoms with Crippen molar-refractivity contribution >= 4 is 28.4 Å². The average Bonchev–Trinajstić information content (AvgIpc) is 3.00. The molecule has 0 saturated carbocycles. The van der Waals surface area contributed by atoms with E-state index in [1.807, 2.05) is 24.1 Å². The van der Waals surface area contributed by atoms with E-state index in [9.17, 15) is 4.79 Å². The van der Waals surface area contributed by atoms with E-state index in [1.165, 1.54) is 16.3 Å². The molecular formula is C16H18N2OS. The normalized spacial score (nSPS) is 18.4. The topological polar surface area (TPSA) is 32.3 Å². The van der Waals surface area contributed by atoms with Crippen LogP contribution in [0.5, 0.6) is 0 Å². The van der Waals surface area contributed by atoms with Crippen LogP contribution in [0.3, 0.4) is 0 Å². The third-order valence-electron chi connectivity index (χ3n) is 3.62. The number of fused-ring (bicyclic) bond motifs is 1. The van der Waals surface area contributed by atoms with Crippen LogP contribution in [0.2, 0.25) is 0 Å². The molecule has 2 aromatic carbocycles. The maximum atomic E-state index is 12.3. The highest BCUT2D eigenvalue weighted by Crippen LogP contribution is 2.17. The molecule has 1 N–H and O–H groups in total. The molecule has 0 bridgehead atoms. The zero-order valence-corrected chi connectivity index (χ0v) is 12.3. The smallest absolute Gasteiger partial charge is 0.240 e. The van der Waals surface area contributed by atoms with Gasteiger partial charge in [0.25, 0.3) is 0 Å². The van der Waals surface area contributed by atoms with E-state index in [1.54, 1.807) is 11.8 Å². The Hall–Kier alpha value is -1.52. The fourth-order valence-corrected chi connectivity index (χ4v) is 3.44. The van der Waals surface area contributed by atoms with Gasteiger partial charge in [-0.25, -0.2) is 0 Å². The number of thioether (sulfide) groups is 1. The van der Waals surface area contributed by atoms with Crippen LogP contribution in [0.25, 0.3) is 10.8 Å². The molecule has 104 valence electrons. The van der Waals surface area contributed by atoms with Crippen molar-refractivity contribution in [2.75, 3.05) is 18.7 Å². The minimum Gasteiger partial charge on any atom is -0.340 e. The Kier molecular flexibility index (Phi) is 3.94. The Labute approximate surface area is 123 Å². The summed E-state index contributed by atoms with van der Waals surface area (Å²) in [5.74, 6) is 1.93. The highest BCUT2D eigenvalue weighted by atomic mass is 32.2. The van der Waals surface area contributed by atoms with Crippen molar-refractivity contribution < 1.29 is 4.79 Å². The van der Waals surface area contributed by atoms with Gasteiger partial charge in [0.15, 0.2) is 0 Å². The molecule has 1 unspecified atom stereocenters. The standard InChI is InChI=1S/C16H18N2OS/c1-18(16(19)15-10-20-11-17-15)9-12-6-7-13-4-2-3-5-14(13)8-12/h2-8,15,17H,9-11H2,1H3. The number of carbonyl (C=O) groups is 1. The van der Waals surface area contributed by atoms with Crippen LogP contribution >= 0.6 is 11.8 Å². The predicted molar refractivity (Wildman–Crippen MR) is 84.7 cm³/mol. The van der Waals surface area contributed by atoms with E-state index < -0.39 is 0 Å². The van der Waals surface area contributed by atoms with Gasteiger partial charge in [-0.2, -0.15) is 0 Å². The molecule has 1 amide bonds. The van der Waals surface area contributed by atoms with Crippen molar-refractivity contribution in [3.63, 3.8) is 0 Å². The zero-order chi connectivity index (χ0) is 13.9. The number of carbonyl (C=O) groups excluding carboxylic acids is 1. The summed E-state index contributed by atoms with van der Waals surface area (Å²) in [5, 5.41) is 5.68. The summed E-state index contributed by atoms with van der Waals surface area (Å²) in [6.45, 7) is 0.659. The summed E-state index contributed by atoms with van der Waals surface area (Å²) in [6.07, 6.45) is 0. The van der Waals surface area contributed by atoms with Crippen molar-refractivity contribution in [1.82, 2.24) is 10.2 Å². The van der Waals surface area contributed by atoms with E-state index in [4.69, 9.17) is 0 Å². The van der Waals surface area contributed by atoms with Crippen LogP contribution in [0.15, 0.2) is 42.5 Å². The lowest BCUT2D eigenvalue weighted by molar-refractivity contribution is -0.131. The van der Waals surface area contributed by atoms with Gasteiger partial charge < -0.3 is 4.90 Å². The molecule has 20 heavy (non-hydrogen) atoms. The lowest BCUT2D eigenvalue weighted by atomic mass is 10.1. The first kappa shape index (κ1) is 13.5. The minimum absolute atomic E-state index is 0.0227. The Morgan fingerprint density at radius 3 is 2.85 bits per heavy atom. The van der Waals surface area contributed by atoms with Crippen LogP contribution in [0, 0.1) is 0 Å². The molecule has 1 aliphatic rings. The monoisotopic (exact) mass is 286 g/mol. The van der Waals surface area contributed by atoms with Gasteiger partial charge in [0, 0.05) is 25.2 Å². The third-order valence-corrected chi connectivity index (χ3v) is 4.56. The fourth-order valence-electron chi connectivity index (χ4n) is 2.51. The summed E-state index contributed by atoms with van der Waals surface area (Å²) in [5.41, 5.74) is 1.17. The Morgan fingerprint density at radius 1 is 1.30 bits per heavy atom. The van der Waals surface area contributed by atoms with Crippen LogP contribution in [-0.2, 0) is 11.3 Å². The fraction of sp³-hybridized carbons (Fsp3) is 0.312. The second-order valence-corrected chi connectivity index (χ2v) is 6.18. The molecule has 0 aromatic heterocycles. The third kappa shape index (κ3) is 2.81. The number of hydrogen-bond acceptors (Lipinski definition) is 3. The van der Waals surface area contributed by atoms with E-state index in [0.717, 1.165) is 11.6 Å². The van der Waals surface area contributed by atoms with Gasteiger partial charge in [-0.15, -0.1) is 11.8 Å². The second-order valence-electron chi connectivity index (χ2n) is 5.15. The molecule has 1 atom stereocenters. The number of hydrogen-bond donors (Lipinski definition) is 1. The van der Waals surface area contributed by atoms with Gasteiger partial charge in [-0.3, -0.25) is 10.1 Å². The Morgan fingerprint density at radius 2 is 2.10 bits per heavy atom. The molecule has 2 aromatic rings. The van der Waals surface area contributed by atoms with Gasteiger partial charge >= 0.3 is 0 Å². The summed E-state index contributed by atoms with van der Waals surface area (Å²) >= 11 is 1.78. The molecule has 3 rings (SSSR count). The van der Waals surface area contributed by atoms with Crippen LogP contribution in [-0.4, -0.2) is 35.5 Å². The lowest BCUT2D eigenvalue weighted by Crippen LogP contribution is -2.42. The molecule has 1 aliphatic heterocycles. The Bertz CT molecular complexity index is 623. The van der Waals surface area contributed by atoms with E-state index in [-0.39, 0.29) is 11.9 Å². The maximum absolute atomic E-state index is 12.3. The SMILES string of the molecule is CN(Cc1ccc2ccccc2c1)C(=O)C1CSCN1. The molecule has 1 heterocycles. The number of amides is 1. The van der Waals surface area contributed by atoms with Crippen molar-refractivity contribution in [3.05, 3.63) is 48.0 Å². The molecule has 4 heteroatoms. The lowest BCUT2D eigenvalue weighted by Gasteiger charge is -2.21. The number of rotatable bonds is 3. The second kappa shape index (κ2) is 5.85. The molecule has 0 spiro atoms. The molecule has 0 aliphatic carbocycles. The van der Waals surface area contributed by atoms with Crippen LogP contribution < -0.4 is 5.32 Å². The molecule has 0 radical (unpaired) electrons. The van der Waals surface area contributed by atoms with Gasteiger partial charge in [0.05, 0.1) is 6.04 Å². The quantitative estimate of drug-likeness (QED) is 0.940. The molecular weight excluding hydrogens is 268 g/mol. The van der Waals surface area contributed by atoms with E-state index in [0.29, 0.717) is 6.54 Å². The number of likely N-dealkylation sites (N-methyl/N-ethyl adjacent to an activating group) is 1. The highest BCUT2D eigenvalue weighted by molar-refractivity contribution is 7.99. The molecule has 3 nitrogen and oxygen atoms in total. The summed E-state index contributed by atoms with van der Waals surface area (Å²) in [4.78, 5) is 14.1. The van der Waals surface area contributed by atoms with Crippen molar-refractivity contribution in [3.8, 4) is 0 Å². The first-order valence-corrected chi connectivity index (χ1v) is 7.93. The van der Waals surface area contributed by atoms with Gasteiger partial charge in [-0.05, 0) is 22.4 Å². The van der Waals surface area contributed by atoms with Crippen LogP contribution in [0.1, 0.15) is 5.56 Å². The van der Waals surface area contributed by atoms with E-state index in [2.05, 4.69) is 35.6 Å². The summed E-state index contributed by atoms with van der Waals surface area (Å²) in [7, 11) is 1.88. The van der Waals surface area contributed by atoms with Crippen molar-refractivity contribution in [2.45, 2.75) is 12.6 Å². The first-order valence-electron chi connectivity index (χ1n) is 6.78. The number of nitrogens with one attached hydrogen (secondary N) is 1. The van der Waals surface area contributed by atoms with Gasteiger partial charge in [-0.1, -0.05) is 36.4 Å². The van der Waals surface area contributed by atoms with Crippen molar-refractivity contribution in [1.29, 1.82) is 0 Å². The van der Waals surface area contributed by atoms with Gasteiger partial charge in [0.2, 0.25) is 5.91 Å². The predicted octanol–water partition coefficient (Wildman–Crippen LogP) is 2.46. The highest BCUT2D eigenvalue weighted by Gasteiger charge is 2.25. The maximum Gasteiger partial charge on any atom is 0.240 e. The minimum atomic E-state index is -0.0227. The Balaban J connectivity index is 1.73. The first-order chi connectivity index (χ1) is 9.74. The largest absolute Gasteiger partial charge is 0.340 e. The van der Waals surface area contributed by atoms with Crippen LogP contribution in [0.4, 0.5) is 0 Å². The van der Waals surface area contributed by atoms with E-state index >= 15 is 0 Å². The summed E-state index contributed by atoms with van der Waals surface area (Å²) < 4.78 is 0. The van der Waals surface area contributed by atoms with Gasteiger partial charge in [0.1, 0.15) is 0 Å². The zero-order valence-electron chi connectivity index (χ0n) is 11.5. The molecule has 1 fully saturated rings. The number of benzene rings is 2. The average molecular weight is 286 g/mol.